The molecule has 9 nitrogen and oxygen atoms in total. The van der Waals surface area contributed by atoms with Crippen molar-refractivity contribution in [3.63, 3.8) is 0 Å². The van der Waals surface area contributed by atoms with Crippen LogP contribution in [-0.4, -0.2) is 46.3 Å². The first-order chi connectivity index (χ1) is 8.34. The SMILES string of the molecule is N/C(C(=O)NCCC(=O)O)=C(/O)NCCC(=O)O. The molecule has 0 atom stereocenters. The molecule has 0 aliphatic carbocycles. The summed E-state index contributed by atoms with van der Waals surface area (Å²) in [6.07, 6.45) is -0.524. The van der Waals surface area contributed by atoms with Crippen molar-refractivity contribution in [3.05, 3.63) is 11.6 Å². The number of aliphatic carboxylic acids is 2. The monoisotopic (exact) mass is 261 g/mol. The minimum Gasteiger partial charge on any atom is -0.493 e. The van der Waals surface area contributed by atoms with Gasteiger partial charge in [-0.05, 0) is 0 Å². The molecule has 0 saturated heterocycles. The van der Waals surface area contributed by atoms with Gasteiger partial charge in [-0.2, -0.15) is 0 Å². The van der Waals surface area contributed by atoms with E-state index in [1.165, 1.54) is 0 Å². The molecule has 0 aromatic heterocycles. The normalized spacial score (nSPS) is 11.3. The average Bonchev–Trinajstić information content (AvgIpc) is 2.26. The van der Waals surface area contributed by atoms with Crippen molar-refractivity contribution >= 4 is 17.8 Å². The predicted octanol–water partition coefficient (Wildman–Crippen LogP) is -1.67. The minimum atomic E-state index is -1.08. The number of carbonyl (C=O) groups is 3. The zero-order valence-corrected chi connectivity index (χ0v) is 9.47. The molecule has 0 aromatic carbocycles. The van der Waals surface area contributed by atoms with Crippen molar-refractivity contribution in [1.29, 1.82) is 0 Å². The maximum absolute atomic E-state index is 11.3. The van der Waals surface area contributed by atoms with Crippen LogP contribution in [-0.2, 0) is 14.4 Å². The fourth-order valence-electron chi connectivity index (χ4n) is 0.869. The van der Waals surface area contributed by atoms with E-state index >= 15 is 0 Å². The number of aliphatic hydroxyl groups excluding tert-OH is 1. The number of amides is 1. The summed E-state index contributed by atoms with van der Waals surface area (Å²) in [5.41, 5.74) is 4.72. The van der Waals surface area contributed by atoms with Crippen molar-refractivity contribution in [1.82, 2.24) is 10.6 Å². The lowest BCUT2D eigenvalue weighted by Gasteiger charge is -2.08. The Morgan fingerprint density at radius 1 is 0.889 bits per heavy atom. The molecule has 0 aromatic rings. The molecule has 0 aliphatic rings. The molecule has 0 rings (SSSR count). The Balaban J connectivity index is 4.14. The molecule has 0 radical (unpaired) electrons. The Kier molecular flexibility index (Phi) is 6.71. The second-order valence-corrected chi connectivity index (χ2v) is 3.23. The molecule has 0 aliphatic heterocycles. The summed E-state index contributed by atoms with van der Waals surface area (Å²) in [4.78, 5) is 31.6. The van der Waals surface area contributed by atoms with E-state index in [0.29, 0.717) is 0 Å². The largest absolute Gasteiger partial charge is 0.493 e. The van der Waals surface area contributed by atoms with Gasteiger partial charge < -0.3 is 31.7 Å². The van der Waals surface area contributed by atoms with Gasteiger partial charge >= 0.3 is 11.9 Å². The van der Waals surface area contributed by atoms with Crippen LogP contribution in [0.3, 0.4) is 0 Å². The number of hydrogen-bond acceptors (Lipinski definition) is 6. The number of rotatable bonds is 8. The van der Waals surface area contributed by atoms with Crippen LogP contribution in [0.15, 0.2) is 11.6 Å². The fraction of sp³-hybridized carbons (Fsp3) is 0.444. The van der Waals surface area contributed by atoms with Gasteiger partial charge in [0.15, 0.2) is 5.70 Å². The summed E-state index contributed by atoms with van der Waals surface area (Å²) in [6.45, 7) is -0.221. The van der Waals surface area contributed by atoms with Crippen LogP contribution in [0.2, 0.25) is 0 Å². The van der Waals surface area contributed by atoms with Crippen LogP contribution in [0.5, 0.6) is 0 Å². The van der Waals surface area contributed by atoms with Crippen molar-refractivity contribution in [2.75, 3.05) is 13.1 Å². The lowest BCUT2D eigenvalue weighted by Crippen LogP contribution is -2.34. The van der Waals surface area contributed by atoms with E-state index in [1.807, 2.05) is 0 Å². The number of nitrogens with one attached hydrogen (secondary N) is 2. The average molecular weight is 261 g/mol. The van der Waals surface area contributed by atoms with Gasteiger partial charge in [-0.15, -0.1) is 0 Å². The number of aliphatic hydroxyl groups is 1. The quantitative estimate of drug-likeness (QED) is 0.223. The number of carbonyl (C=O) groups excluding carboxylic acids is 1. The number of hydrogen-bond donors (Lipinski definition) is 6. The Hall–Kier alpha value is -2.45. The van der Waals surface area contributed by atoms with Gasteiger partial charge in [-0.3, -0.25) is 14.4 Å². The number of nitrogens with two attached hydrogens (primary N) is 1. The van der Waals surface area contributed by atoms with E-state index < -0.39 is 29.4 Å². The second kappa shape index (κ2) is 7.76. The van der Waals surface area contributed by atoms with Gasteiger partial charge in [0.25, 0.3) is 5.91 Å². The highest BCUT2D eigenvalue weighted by atomic mass is 16.4. The van der Waals surface area contributed by atoms with Gasteiger partial charge in [0.2, 0.25) is 5.88 Å². The fourth-order valence-corrected chi connectivity index (χ4v) is 0.869. The first-order valence-electron chi connectivity index (χ1n) is 4.99. The Morgan fingerprint density at radius 2 is 1.33 bits per heavy atom. The number of carboxylic acids is 2. The van der Waals surface area contributed by atoms with Gasteiger partial charge in [0, 0.05) is 13.1 Å². The van der Waals surface area contributed by atoms with E-state index in [-0.39, 0.29) is 25.9 Å². The van der Waals surface area contributed by atoms with Crippen LogP contribution in [0.4, 0.5) is 0 Å². The summed E-state index contributed by atoms with van der Waals surface area (Å²) in [7, 11) is 0. The summed E-state index contributed by atoms with van der Waals surface area (Å²) in [6, 6.07) is 0. The molecule has 102 valence electrons. The summed E-state index contributed by atoms with van der Waals surface area (Å²) in [5, 5.41) is 30.4. The topological polar surface area (TPSA) is 162 Å². The highest BCUT2D eigenvalue weighted by molar-refractivity contribution is 5.92. The van der Waals surface area contributed by atoms with E-state index in [0.717, 1.165) is 0 Å². The van der Waals surface area contributed by atoms with Gasteiger partial charge in [-0.1, -0.05) is 0 Å². The molecule has 0 heterocycles. The molecular formula is C9H15N3O6. The van der Waals surface area contributed by atoms with Gasteiger partial charge in [0.05, 0.1) is 12.8 Å². The van der Waals surface area contributed by atoms with E-state index in [2.05, 4.69) is 10.6 Å². The van der Waals surface area contributed by atoms with Crippen LogP contribution >= 0.6 is 0 Å². The van der Waals surface area contributed by atoms with E-state index in [4.69, 9.17) is 15.9 Å². The smallest absolute Gasteiger partial charge is 0.305 e. The lowest BCUT2D eigenvalue weighted by atomic mass is 10.3. The Labute approximate surface area is 102 Å². The molecule has 0 bridgehead atoms. The first-order valence-corrected chi connectivity index (χ1v) is 4.99. The maximum atomic E-state index is 11.3. The summed E-state index contributed by atoms with van der Waals surface area (Å²) >= 11 is 0. The third-order valence-electron chi connectivity index (χ3n) is 1.76. The van der Waals surface area contributed by atoms with Crippen molar-refractivity contribution in [2.45, 2.75) is 12.8 Å². The highest BCUT2D eigenvalue weighted by Gasteiger charge is 2.11. The van der Waals surface area contributed by atoms with Gasteiger partial charge in [-0.25, -0.2) is 0 Å². The zero-order chi connectivity index (χ0) is 14.1. The van der Waals surface area contributed by atoms with Crippen LogP contribution in [0.25, 0.3) is 0 Å². The predicted molar refractivity (Wildman–Crippen MR) is 59.4 cm³/mol. The van der Waals surface area contributed by atoms with Crippen LogP contribution in [0, 0.1) is 0 Å². The molecule has 0 saturated carbocycles. The molecule has 1 amide bonds. The molecule has 0 spiro atoms. The molecular weight excluding hydrogens is 246 g/mol. The molecule has 7 N–H and O–H groups in total. The number of carboxylic acid groups (broad SMARTS) is 2. The van der Waals surface area contributed by atoms with Crippen LogP contribution < -0.4 is 16.4 Å². The Morgan fingerprint density at radius 3 is 1.78 bits per heavy atom. The maximum Gasteiger partial charge on any atom is 0.305 e. The lowest BCUT2D eigenvalue weighted by molar-refractivity contribution is -0.138. The zero-order valence-electron chi connectivity index (χ0n) is 9.47. The Bertz CT molecular complexity index is 365. The molecule has 0 unspecified atom stereocenters. The first kappa shape index (κ1) is 15.6. The standard InChI is InChI=1S/C9H15N3O6/c10-7(8(17)11-3-1-5(13)14)9(18)12-4-2-6(15)16/h11,17H,1-4,10H2,(H,12,18)(H,13,14)(H,15,16)/b8-7+. The van der Waals surface area contributed by atoms with Gasteiger partial charge in [0.1, 0.15) is 0 Å². The molecule has 0 fully saturated rings. The van der Waals surface area contributed by atoms with E-state index in [1.54, 1.807) is 0 Å². The molecule has 9 heteroatoms. The summed E-state index contributed by atoms with van der Waals surface area (Å²) < 4.78 is 0. The third-order valence-corrected chi connectivity index (χ3v) is 1.76. The van der Waals surface area contributed by atoms with Crippen molar-refractivity contribution < 1.29 is 29.7 Å². The van der Waals surface area contributed by atoms with Crippen molar-refractivity contribution in [2.24, 2.45) is 5.73 Å². The summed E-state index contributed by atoms with van der Waals surface area (Å²) in [5.74, 6) is -3.64. The second-order valence-electron chi connectivity index (χ2n) is 3.23. The third kappa shape index (κ3) is 6.93. The van der Waals surface area contributed by atoms with Crippen LogP contribution in [0.1, 0.15) is 12.8 Å². The minimum absolute atomic E-state index is 0.0930. The van der Waals surface area contributed by atoms with E-state index in [9.17, 15) is 19.5 Å². The van der Waals surface area contributed by atoms with Crippen molar-refractivity contribution in [3.8, 4) is 0 Å². The highest BCUT2D eigenvalue weighted by Crippen LogP contribution is 1.92. The molecule has 18 heavy (non-hydrogen) atoms.